The highest BCUT2D eigenvalue weighted by molar-refractivity contribution is 9.11. The third kappa shape index (κ3) is 3.76. The number of thiophene rings is 2. The minimum absolute atomic E-state index is 0.0626. The quantitative estimate of drug-likeness (QED) is 0.321. The highest BCUT2D eigenvalue weighted by Gasteiger charge is 2.28. The SMILES string of the molecule is CC(C)N1CCc2c(sc(NC(=O)c3ccc(Br)s3)c2-c2nc3ccccc3s2)C1. The molecule has 0 aliphatic carbocycles. The second-order valence-electron chi connectivity index (χ2n) is 7.57. The van der Waals surface area contributed by atoms with Crippen LogP contribution in [0.2, 0.25) is 0 Å². The molecule has 30 heavy (non-hydrogen) atoms. The average Bonchev–Trinajstić information content (AvgIpc) is 3.42. The Kier molecular flexibility index (Phi) is 5.53. The first-order valence-corrected chi connectivity index (χ1v) is 13.0. The number of rotatable bonds is 4. The molecule has 1 aliphatic heterocycles. The van der Waals surface area contributed by atoms with E-state index in [1.807, 2.05) is 24.3 Å². The van der Waals surface area contributed by atoms with Crippen LogP contribution < -0.4 is 5.32 Å². The Morgan fingerprint density at radius 3 is 2.73 bits per heavy atom. The molecule has 0 fully saturated rings. The van der Waals surface area contributed by atoms with Crippen molar-refractivity contribution in [1.82, 2.24) is 9.88 Å². The van der Waals surface area contributed by atoms with Crippen molar-refractivity contribution in [2.24, 2.45) is 0 Å². The second kappa shape index (κ2) is 8.16. The van der Waals surface area contributed by atoms with Gasteiger partial charge in [-0.15, -0.1) is 34.0 Å². The molecule has 1 aliphatic rings. The molecule has 0 atom stereocenters. The highest BCUT2D eigenvalue weighted by atomic mass is 79.9. The van der Waals surface area contributed by atoms with E-state index in [2.05, 4.69) is 52.1 Å². The molecule has 154 valence electrons. The van der Waals surface area contributed by atoms with Gasteiger partial charge in [0, 0.05) is 29.6 Å². The van der Waals surface area contributed by atoms with Crippen LogP contribution in [0.3, 0.4) is 0 Å². The first kappa shape index (κ1) is 20.3. The van der Waals surface area contributed by atoms with E-state index >= 15 is 0 Å². The van der Waals surface area contributed by atoms with Gasteiger partial charge in [-0.3, -0.25) is 9.69 Å². The van der Waals surface area contributed by atoms with Crippen molar-refractivity contribution in [2.45, 2.75) is 32.9 Å². The van der Waals surface area contributed by atoms with Crippen molar-refractivity contribution >= 4 is 71.1 Å². The first-order valence-electron chi connectivity index (χ1n) is 9.81. The van der Waals surface area contributed by atoms with Gasteiger partial charge in [-0.2, -0.15) is 0 Å². The van der Waals surface area contributed by atoms with Crippen LogP contribution in [-0.4, -0.2) is 28.4 Å². The van der Waals surface area contributed by atoms with Crippen molar-refractivity contribution in [2.75, 3.05) is 11.9 Å². The molecular formula is C22H20BrN3OS3. The monoisotopic (exact) mass is 517 g/mol. The number of carbonyl (C=O) groups is 1. The fourth-order valence-corrected chi connectivity index (χ4v) is 7.42. The third-order valence-corrected chi connectivity index (χ3v) is 9.16. The number of thiazole rings is 1. The van der Waals surface area contributed by atoms with Crippen molar-refractivity contribution in [3.63, 3.8) is 0 Å². The zero-order valence-electron chi connectivity index (χ0n) is 16.6. The molecule has 4 aromatic rings. The maximum absolute atomic E-state index is 12.9. The van der Waals surface area contributed by atoms with Crippen LogP contribution >= 0.6 is 49.9 Å². The van der Waals surface area contributed by atoms with E-state index in [-0.39, 0.29) is 5.91 Å². The normalized spacial score (nSPS) is 14.4. The molecular weight excluding hydrogens is 498 g/mol. The summed E-state index contributed by atoms with van der Waals surface area (Å²) in [5.41, 5.74) is 3.47. The van der Waals surface area contributed by atoms with Gasteiger partial charge in [-0.1, -0.05) is 12.1 Å². The Hall–Kier alpha value is -1.58. The van der Waals surface area contributed by atoms with E-state index in [1.165, 1.54) is 26.5 Å². The number of benzene rings is 1. The summed E-state index contributed by atoms with van der Waals surface area (Å²) >= 11 is 8.30. The van der Waals surface area contributed by atoms with Gasteiger partial charge >= 0.3 is 0 Å². The maximum atomic E-state index is 12.9. The molecule has 3 aromatic heterocycles. The summed E-state index contributed by atoms with van der Waals surface area (Å²) < 4.78 is 2.13. The summed E-state index contributed by atoms with van der Waals surface area (Å²) in [6.45, 7) is 6.44. The molecule has 0 bridgehead atoms. The highest BCUT2D eigenvalue weighted by Crippen LogP contribution is 2.46. The Bertz CT molecular complexity index is 1210. The molecule has 1 N–H and O–H groups in total. The summed E-state index contributed by atoms with van der Waals surface area (Å²) in [7, 11) is 0. The fraction of sp³-hybridized carbons (Fsp3) is 0.273. The van der Waals surface area contributed by atoms with Gasteiger partial charge in [-0.25, -0.2) is 4.98 Å². The van der Waals surface area contributed by atoms with Gasteiger partial charge in [0.15, 0.2) is 0 Å². The minimum atomic E-state index is -0.0626. The Morgan fingerprint density at radius 2 is 2.00 bits per heavy atom. The molecule has 0 saturated heterocycles. The van der Waals surface area contributed by atoms with Crippen LogP contribution in [-0.2, 0) is 13.0 Å². The van der Waals surface area contributed by atoms with Crippen LogP contribution in [0.5, 0.6) is 0 Å². The van der Waals surface area contributed by atoms with E-state index < -0.39 is 0 Å². The lowest BCUT2D eigenvalue weighted by Crippen LogP contribution is -2.35. The molecule has 4 nitrogen and oxygen atoms in total. The molecule has 5 rings (SSSR count). The van der Waals surface area contributed by atoms with Crippen LogP contribution in [0.15, 0.2) is 40.2 Å². The second-order valence-corrected chi connectivity index (χ2v) is 12.2. The van der Waals surface area contributed by atoms with Crippen molar-refractivity contribution in [1.29, 1.82) is 0 Å². The van der Waals surface area contributed by atoms with Crippen LogP contribution in [0, 0.1) is 0 Å². The van der Waals surface area contributed by atoms with Gasteiger partial charge in [0.2, 0.25) is 0 Å². The van der Waals surface area contributed by atoms with Crippen molar-refractivity contribution < 1.29 is 4.79 Å². The van der Waals surface area contributed by atoms with E-state index in [0.29, 0.717) is 10.9 Å². The van der Waals surface area contributed by atoms with Gasteiger partial charge < -0.3 is 5.32 Å². The number of aromatic nitrogens is 1. The lowest BCUT2D eigenvalue weighted by atomic mass is 10.0. The number of nitrogens with zero attached hydrogens (tertiary/aromatic N) is 2. The third-order valence-electron chi connectivity index (χ3n) is 5.35. The molecule has 8 heteroatoms. The number of halogens is 1. The van der Waals surface area contributed by atoms with Gasteiger partial charge in [-0.05, 0) is 66.0 Å². The van der Waals surface area contributed by atoms with Crippen LogP contribution in [0.1, 0.15) is 34.0 Å². The average molecular weight is 519 g/mol. The standard InChI is InChI=1S/C22H20BrN3OS3/c1-12(2)26-10-9-13-17(11-26)30-22(25-20(27)16-7-8-18(23)28-16)19(13)21-24-14-5-3-4-6-15(14)29-21/h3-8,12H,9-11H2,1-2H3,(H,25,27). The smallest absolute Gasteiger partial charge is 0.266 e. The van der Waals surface area contributed by atoms with Gasteiger partial charge in [0.1, 0.15) is 10.0 Å². The zero-order valence-corrected chi connectivity index (χ0v) is 20.6. The van der Waals surface area contributed by atoms with E-state index in [0.717, 1.165) is 44.4 Å². The molecule has 0 saturated carbocycles. The summed E-state index contributed by atoms with van der Waals surface area (Å²) in [6.07, 6.45) is 0.982. The number of para-hydroxylation sites is 1. The topological polar surface area (TPSA) is 45.2 Å². The van der Waals surface area contributed by atoms with E-state index in [9.17, 15) is 4.79 Å². The molecule has 0 spiro atoms. The fourth-order valence-electron chi connectivity index (χ4n) is 3.76. The lowest BCUT2D eigenvalue weighted by molar-refractivity contribution is 0.103. The van der Waals surface area contributed by atoms with Crippen LogP contribution in [0.4, 0.5) is 5.00 Å². The van der Waals surface area contributed by atoms with Gasteiger partial charge in [0.25, 0.3) is 5.91 Å². The predicted octanol–water partition coefficient (Wildman–Crippen LogP) is 6.87. The maximum Gasteiger partial charge on any atom is 0.266 e. The Balaban J connectivity index is 1.59. The summed E-state index contributed by atoms with van der Waals surface area (Å²) in [5, 5.41) is 5.11. The molecule has 1 amide bonds. The van der Waals surface area contributed by atoms with Crippen molar-refractivity contribution in [3.05, 3.63) is 55.5 Å². The summed E-state index contributed by atoms with van der Waals surface area (Å²) in [5.74, 6) is -0.0626. The first-order chi connectivity index (χ1) is 14.5. The minimum Gasteiger partial charge on any atom is -0.312 e. The number of hydrogen-bond acceptors (Lipinski definition) is 6. The Labute approximate surface area is 195 Å². The zero-order chi connectivity index (χ0) is 20.8. The number of hydrogen-bond donors (Lipinski definition) is 1. The van der Waals surface area contributed by atoms with E-state index in [1.54, 1.807) is 22.7 Å². The number of nitrogens with one attached hydrogen (secondary N) is 1. The largest absolute Gasteiger partial charge is 0.312 e. The molecule has 0 unspecified atom stereocenters. The number of fused-ring (bicyclic) bond motifs is 2. The summed E-state index contributed by atoms with van der Waals surface area (Å²) in [6, 6.07) is 12.5. The van der Waals surface area contributed by atoms with Crippen molar-refractivity contribution in [3.8, 4) is 10.6 Å². The predicted molar refractivity (Wildman–Crippen MR) is 132 cm³/mol. The molecule has 4 heterocycles. The van der Waals surface area contributed by atoms with Gasteiger partial charge in [0.05, 0.1) is 18.9 Å². The number of amides is 1. The summed E-state index contributed by atoms with van der Waals surface area (Å²) in [4.78, 5) is 22.4. The Morgan fingerprint density at radius 1 is 1.17 bits per heavy atom. The number of anilines is 1. The molecule has 0 radical (unpaired) electrons. The van der Waals surface area contributed by atoms with E-state index in [4.69, 9.17) is 4.98 Å². The molecule has 1 aromatic carbocycles. The van der Waals surface area contributed by atoms with Crippen LogP contribution in [0.25, 0.3) is 20.8 Å². The number of carbonyl (C=O) groups excluding carboxylic acids is 1. The lowest BCUT2D eigenvalue weighted by Gasteiger charge is -2.30.